The molecule has 2 aromatic carbocycles. The van der Waals surface area contributed by atoms with E-state index in [0.717, 1.165) is 0 Å². The zero-order chi connectivity index (χ0) is 18.5. The van der Waals surface area contributed by atoms with E-state index in [0.29, 0.717) is 22.6 Å². The van der Waals surface area contributed by atoms with Crippen molar-refractivity contribution >= 4 is 17.6 Å². The van der Waals surface area contributed by atoms with Gasteiger partial charge in [-0.1, -0.05) is 6.07 Å². The Morgan fingerprint density at radius 2 is 1.81 bits per heavy atom. The molecule has 0 saturated carbocycles. The standard InChI is InChI=1S/C18H15N3O5/c1-24-14-5-3-4-12(10-14)16-20-21-17(26-16)15(22)19-13-8-6-11(7-9-13)18(23)25-2/h3-10H,1-2H3,(H,19,22). The Bertz CT molecular complexity index is 934. The Balaban J connectivity index is 1.72. The molecule has 0 atom stereocenters. The summed E-state index contributed by atoms with van der Waals surface area (Å²) in [5.74, 6) is -0.354. The maximum atomic E-state index is 12.2. The van der Waals surface area contributed by atoms with E-state index in [-0.39, 0.29) is 11.8 Å². The largest absolute Gasteiger partial charge is 0.497 e. The average molecular weight is 353 g/mol. The topological polar surface area (TPSA) is 104 Å². The number of esters is 1. The van der Waals surface area contributed by atoms with Crippen molar-refractivity contribution < 1.29 is 23.5 Å². The number of hydrogen-bond acceptors (Lipinski definition) is 7. The van der Waals surface area contributed by atoms with Gasteiger partial charge in [0.1, 0.15) is 5.75 Å². The van der Waals surface area contributed by atoms with Crippen LogP contribution in [-0.2, 0) is 4.74 Å². The monoisotopic (exact) mass is 353 g/mol. The van der Waals surface area contributed by atoms with Crippen LogP contribution in [0.25, 0.3) is 11.5 Å². The van der Waals surface area contributed by atoms with Crippen LogP contribution in [0.3, 0.4) is 0 Å². The number of amides is 1. The van der Waals surface area contributed by atoms with Crippen LogP contribution in [0.5, 0.6) is 5.75 Å². The van der Waals surface area contributed by atoms with E-state index < -0.39 is 11.9 Å². The molecule has 0 aliphatic rings. The van der Waals surface area contributed by atoms with E-state index in [4.69, 9.17) is 9.15 Å². The molecule has 8 heteroatoms. The lowest BCUT2D eigenvalue weighted by molar-refractivity contribution is 0.0600. The van der Waals surface area contributed by atoms with Crippen LogP contribution in [0.1, 0.15) is 21.0 Å². The molecular formula is C18H15N3O5. The molecule has 0 fully saturated rings. The van der Waals surface area contributed by atoms with Crippen LogP contribution in [0.15, 0.2) is 52.9 Å². The summed E-state index contributed by atoms with van der Waals surface area (Å²) in [5.41, 5.74) is 1.49. The molecule has 26 heavy (non-hydrogen) atoms. The molecule has 1 aromatic heterocycles. The third-order valence-corrected chi connectivity index (χ3v) is 3.50. The first kappa shape index (κ1) is 17.2. The zero-order valence-corrected chi connectivity index (χ0v) is 14.1. The van der Waals surface area contributed by atoms with Gasteiger partial charge in [0, 0.05) is 11.3 Å². The number of carbonyl (C=O) groups excluding carboxylic acids is 2. The summed E-state index contributed by atoms with van der Waals surface area (Å²) in [6.45, 7) is 0. The van der Waals surface area contributed by atoms with E-state index in [2.05, 4.69) is 20.3 Å². The zero-order valence-electron chi connectivity index (χ0n) is 14.1. The number of aromatic nitrogens is 2. The van der Waals surface area contributed by atoms with Crippen molar-refractivity contribution in [1.29, 1.82) is 0 Å². The second-order valence-corrected chi connectivity index (χ2v) is 5.17. The molecule has 132 valence electrons. The molecular weight excluding hydrogens is 338 g/mol. The van der Waals surface area contributed by atoms with Gasteiger partial charge in [-0.2, -0.15) is 0 Å². The van der Waals surface area contributed by atoms with Gasteiger partial charge in [-0.25, -0.2) is 4.79 Å². The highest BCUT2D eigenvalue weighted by Gasteiger charge is 2.16. The van der Waals surface area contributed by atoms with Crippen LogP contribution in [-0.4, -0.2) is 36.3 Å². The fourth-order valence-electron chi connectivity index (χ4n) is 2.18. The smallest absolute Gasteiger partial charge is 0.337 e. The number of anilines is 1. The molecule has 1 heterocycles. The predicted octanol–water partition coefficient (Wildman–Crippen LogP) is 2.78. The summed E-state index contributed by atoms with van der Waals surface area (Å²) in [6.07, 6.45) is 0. The summed E-state index contributed by atoms with van der Waals surface area (Å²) < 4.78 is 15.2. The first-order chi connectivity index (χ1) is 12.6. The molecule has 0 spiro atoms. The van der Waals surface area contributed by atoms with Crippen molar-refractivity contribution in [3.05, 3.63) is 60.0 Å². The fourth-order valence-corrected chi connectivity index (χ4v) is 2.18. The van der Waals surface area contributed by atoms with Gasteiger partial charge in [0.05, 0.1) is 19.8 Å². The Kier molecular flexibility index (Phi) is 4.93. The Labute approximate surface area is 148 Å². The summed E-state index contributed by atoms with van der Waals surface area (Å²) >= 11 is 0. The number of hydrogen-bond donors (Lipinski definition) is 1. The van der Waals surface area contributed by atoms with E-state index in [1.807, 2.05) is 0 Å². The van der Waals surface area contributed by atoms with Crippen LogP contribution in [0.4, 0.5) is 5.69 Å². The molecule has 0 aliphatic heterocycles. The minimum Gasteiger partial charge on any atom is -0.497 e. The lowest BCUT2D eigenvalue weighted by Gasteiger charge is -2.03. The quantitative estimate of drug-likeness (QED) is 0.703. The minimum atomic E-state index is -0.558. The second kappa shape index (κ2) is 7.47. The number of ether oxygens (including phenoxy) is 2. The third-order valence-electron chi connectivity index (χ3n) is 3.50. The van der Waals surface area contributed by atoms with Crippen LogP contribution in [0, 0.1) is 0 Å². The van der Waals surface area contributed by atoms with Crippen LogP contribution in [0.2, 0.25) is 0 Å². The van der Waals surface area contributed by atoms with Crippen molar-refractivity contribution in [2.45, 2.75) is 0 Å². The highest BCUT2D eigenvalue weighted by atomic mass is 16.5. The van der Waals surface area contributed by atoms with E-state index >= 15 is 0 Å². The first-order valence-corrected chi connectivity index (χ1v) is 7.58. The van der Waals surface area contributed by atoms with Gasteiger partial charge in [-0.05, 0) is 42.5 Å². The molecule has 3 aromatic rings. The van der Waals surface area contributed by atoms with Crippen molar-refractivity contribution in [3.63, 3.8) is 0 Å². The fraction of sp³-hybridized carbons (Fsp3) is 0.111. The number of rotatable bonds is 5. The number of benzene rings is 2. The van der Waals surface area contributed by atoms with Crippen molar-refractivity contribution in [2.24, 2.45) is 0 Å². The molecule has 0 saturated heterocycles. The lowest BCUT2D eigenvalue weighted by Crippen LogP contribution is -2.12. The molecule has 3 rings (SSSR count). The molecule has 0 bridgehead atoms. The molecule has 0 aliphatic carbocycles. The van der Waals surface area contributed by atoms with Crippen LogP contribution >= 0.6 is 0 Å². The Morgan fingerprint density at radius 1 is 1.04 bits per heavy atom. The van der Waals surface area contributed by atoms with E-state index in [9.17, 15) is 9.59 Å². The van der Waals surface area contributed by atoms with Gasteiger partial charge in [0.25, 0.3) is 0 Å². The number of nitrogens with one attached hydrogen (secondary N) is 1. The maximum Gasteiger partial charge on any atom is 0.337 e. The second-order valence-electron chi connectivity index (χ2n) is 5.17. The van der Waals surface area contributed by atoms with Gasteiger partial charge >= 0.3 is 17.8 Å². The van der Waals surface area contributed by atoms with Gasteiger partial charge in [-0.15, -0.1) is 10.2 Å². The summed E-state index contributed by atoms with van der Waals surface area (Å²) in [6, 6.07) is 13.3. The number of methoxy groups -OCH3 is 2. The SMILES string of the molecule is COC(=O)c1ccc(NC(=O)c2nnc(-c3cccc(OC)c3)o2)cc1. The molecule has 0 unspecified atom stereocenters. The normalized spacial score (nSPS) is 10.2. The molecule has 8 nitrogen and oxygen atoms in total. The van der Waals surface area contributed by atoms with Crippen molar-refractivity contribution in [2.75, 3.05) is 19.5 Å². The van der Waals surface area contributed by atoms with Gasteiger partial charge in [0.15, 0.2) is 0 Å². The van der Waals surface area contributed by atoms with Crippen molar-refractivity contribution in [1.82, 2.24) is 10.2 Å². The van der Waals surface area contributed by atoms with Crippen molar-refractivity contribution in [3.8, 4) is 17.2 Å². The predicted molar refractivity (Wildman–Crippen MR) is 92.0 cm³/mol. The Hall–Kier alpha value is -3.68. The average Bonchev–Trinajstić information content (AvgIpc) is 3.18. The summed E-state index contributed by atoms with van der Waals surface area (Å²) in [7, 11) is 2.85. The maximum absolute atomic E-state index is 12.2. The third kappa shape index (κ3) is 3.69. The van der Waals surface area contributed by atoms with Crippen LogP contribution < -0.4 is 10.1 Å². The lowest BCUT2D eigenvalue weighted by atomic mass is 10.2. The molecule has 1 amide bonds. The summed E-state index contributed by atoms with van der Waals surface area (Å²) in [4.78, 5) is 23.6. The molecule has 1 N–H and O–H groups in total. The highest BCUT2D eigenvalue weighted by molar-refractivity contribution is 6.01. The van der Waals surface area contributed by atoms with Gasteiger partial charge < -0.3 is 19.2 Å². The highest BCUT2D eigenvalue weighted by Crippen LogP contribution is 2.23. The van der Waals surface area contributed by atoms with E-state index in [1.54, 1.807) is 43.5 Å². The van der Waals surface area contributed by atoms with Gasteiger partial charge in [-0.3, -0.25) is 4.79 Å². The number of nitrogens with zero attached hydrogens (tertiary/aromatic N) is 2. The van der Waals surface area contributed by atoms with E-state index in [1.165, 1.54) is 19.2 Å². The Morgan fingerprint density at radius 3 is 2.50 bits per heavy atom. The summed E-state index contributed by atoms with van der Waals surface area (Å²) in [5, 5.41) is 10.3. The van der Waals surface area contributed by atoms with Gasteiger partial charge in [0.2, 0.25) is 5.89 Å². The minimum absolute atomic E-state index is 0.181. The molecule has 0 radical (unpaired) electrons. The first-order valence-electron chi connectivity index (χ1n) is 7.58. The number of carbonyl (C=O) groups is 2.